The lowest BCUT2D eigenvalue weighted by molar-refractivity contribution is 0.0926. The number of methoxy groups -OCH3 is 1. The van der Waals surface area contributed by atoms with Crippen LogP contribution in [0.25, 0.3) is 22.4 Å². The Labute approximate surface area is 177 Å². The minimum atomic E-state index is -0.291. The third kappa shape index (κ3) is 3.40. The van der Waals surface area contributed by atoms with Crippen LogP contribution < -0.4 is 10.1 Å². The van der Waals surface area contributed by atoms with Crippen LogP contribution in [-0.4, -0.2) is 44.5 Å². The van der Waals surface area contributed by atoms with Gasteiger partial charge in [-0.2, -0.15) is 10.1 Å². The van der Waals surface area contributed by atoms with E-state index < -0.39 is 0 Å². The number of fused-ring (bicyclic) bond motifs is 2. The minimum Gasteiger partial charge on any atom is -0.491 e. The number of benzene rings is 1. The van der Waals surface area contributed by atoms with Gasteiger partial charge in [-0.15, -0.1) is 0 Å². The Bertz CT molecular complexity index is 1290. The maximum atomic E-state index is 13.0. The Morgan fingerprint density at radius 2 is 2.23 bits per heavy atom. The van der Waals surface area contributed by atoms with Crippen molar-refractivity contribution in [2.75, 3.05) is 13.7 Å². The van der Waals surface area contributed by atoms with Gasteiger partial charge in [0, 0.05) is 31.5 Å². The van der Waals surface area contributed by atoms with Gasteiger partial charge in [0.1, 0.15) is 19.0 Å². The van der Waals surface area contributed by atoms with Crippen LogP contribution in [0.1, 0.15) is 33.5 Å². The van der Waals surface area contributed by atoms with Gasteiger partial charge in [-0.25, -0.2) is 9.67 Å². The first-order valence-electron chi connectivity index (χ1n) is 9.72. The lowest BCUT2D eigenvalue weighted by atomic mass is 10.1. The molecule has 1 aromatic carbocycles. The maximum absolute atomic E-state index is 13.0. The monoisotopic (exact) mass is 420 g/mol. The molecule has 4 aromatic rings. The number of nitrogens with one attached hydrogen (secondary N) is 1. The van der Waals surface area contributed by atoms with E-state index in [4.69, 9.17) is 14.0 Å². The van der Waals surface area contributed by atoms with Crippen LogP contribution in [0.3, 0.4) is 0 Å². The van der Waals surface area contributed by atoms with Crippen LogP contribution in [0, 0.1) is 6.92 Å². The highest BCUT2D eigenvalue weighted by atomic mass is 16.5. The summed E-state index contributed by atoms with van der Waals surface area (Å²) < 4.78 is 17.6. The zero-order valence-corrected chi connectivity index (χ0v) is 17.2. The van der Waals surface area contributed by atoms with E-state index in [2.05, 4.69) is 25.5 Å². The van der Waals surface area contributed by atoms with Gasteiger partial charge in [-0.05, 0) is 24.6 Å². The number of hydrogen-bond donors (Lipinski definition) is 1. The Kier molecular flexibility index (Phi) is 4.63. The van der Waals surface area contributed by atoms with Gasteiger partial charge in [-0.1, -0.05) is 17.3 Å². The van der Waals surface area contributed by atoms with Crippen LogP contribution in [0.5, 0.6) is 5.75 Å². The molecule has 3 aromatic heterocycles. The largest absolute Gasteiger partial charge is 0.491 e. The Morgan fingerprint density at radius 3 is 3.06 bits per heavy atom. The fourth-order valence-corrected chi connectivity index (χ4v) is 3.66. The predicted octanol–water partition coefficient (Wildman–Crippen LogP) is 2.34. The molecule has 0 unspecified atom stereocenters. The SMILES string of the molecule is COCc1nc(-c2ccc3c(c2)OC[C@H]3NC(=O)c2nn(C)c3ncc(C)cc23)no1. The van der Waals surface area contributed by atoms with Crippen LogP contribution >= 0.6 is 0 Å². The van der Waals surface area contributed by atoms with Crippen molar-refractivity contribution < 1.29 is 18.8 Å². The number of nitrogens with zero attached hydrogens (tertiary/aromatic N) is 5. The second-order valence-electron chi connectivity index (χ2n) is 7.39. The van der Waals surface area contributed by atoms with Crippen molar-refractivity contribution in [2.45, 2.75) is 19.6 Å². The quantitative estimate of drug-likeness (QED) is 0.523. The first-order chi connectivity index (χ1) is 15.0. The van der Waals surface area contributed by atoms with Gasteiger partial charge in [0.15, 0.2) is 11.3 Å². The molecule has 1 aliphatic heterocycles. The van der Waals surface area contributed by atoms with E-state index in [1.165, 1.54) is 0 Å². The smallest absolute Gasteiger partial charge is 0.273 e. The molecule has 4 heterocycles. The highest BCUT2D eigenvalue weighted by molar-refractivity contribution is 6.04. The number of carbonyl (C=O) groups excluding carboxylic acids is 1. The van der Waals surface area contributed by atoms with E-state index >= 15 is 0 Å². The van der Waals surface area contributed by atoms with E-state index in [9.17, 15) is 4.79 Å². The normalized spacial score (nSPS) is 15.1. The van der Waals surface area contributed by atoms with Crippen molar-refractivity contribution in [3.8, 4) is 17.1 Å². The molecule has 0 saturated carbocycles. The predicted molar refractivity (Wildman–Crippen MR) is 109 cm³/mol. The molecule has 1 aliphatic rings. The third-order valence-corrected chi connectivity index (χ3v) is 5.12. The van der Waals surface area contributed by atoms with Crippen molar-refractivity contribution in [2.24, 2.45) is 7.05 Å². The van der Waals surface area contributed by atoms with Crippen molar-refractivity contribution >= 4 is 16.9 Å². The van der Waals surface area contributed by atoms with Crippen molar-refractivity contribution in [1.29, 1.82) is 0 Å². The number of amides is 1. The average molecular weight is 420 g/mol. The van der Waals surface area contributed by atoms with E-state index in [0.717, 1.165) is 22.1 Å². The van der Waals surface area contributed by atoms with Gasteiger partial charge in [0.05, 0.1) is 11.4 Å². The fourth-order valence-electron chi connectivity index (χ4n) is 3.66. The number of ether oxygens (including phenoxy) is 2. The van der Waals surface area contributed by atoms with Crippen LogP contribution in [-0.2, 0) is 18.4 Å². The molecule has 1 amide bonds. The number of hydrogen-bond acceptors (Lipinski definition) is 8. The molecule has 0 saturated heterocycles. The van der Waals surface area contributed by atoms with E-state index in [0.29, 0.717) is 35.4 Å². The average Bonchev–Trinajstić information content (AvgIpc) is 3.46. The van der Waals surface area contributed by atoms with E-state index in [-0.39, 0.29) is 18.6 Å². The summed E-state index contributed by atoms with van der Waals surface area (Å²) >= 11 is 0. The summed E-state index contributed by atoms with van der Waals surface area (Å²) in [7, 11) is 3.33. The summed E-state index contributed by atoms with van der Waals surface area (Å²) in [5, 5.41) is 12.1. The van der Waals surface area contributed by atoms with Crippen LogP contribution in [0.4, 0.5) is 0 Å². The third-order valence-electron chi connectivity index (χ3n) is 5.12. The molecule has 1 N–H and O–H groups in total. The molecule has 0 spiro atoms. The number of rotatable bonds is 5. The minimum absolute atomic E-state index is 0.250. The highest BCUT2D eigenvalue weighted by Gasteiger charge is 2.28. The summed E-state index contributed by atoms with van der Waals surface area (Å²) in [6.45, 7) is 2.51. The zero-order valence-electron chi connectivity index (χ0n) is 17.2. The maximum Gasteiger partial charge on any atom is 0.273 e. The lowest BCUT2D eigenvalue weighted by Gasteiger charge is -2.11. The number of carbonyl (C=O) groups is 1. The molecule has 1 atom stereocenters. The van der Waals surface area contributed by atoms with Crippen molar-refractivity contribution in [3.05, 3.63) is 53.2 Å². The fraction of sp³-hybridized carbons (Fsp3) is 0.286. The molecule has 0 radical (unpaired) electrons. The Balaban J connectivity index is 1.38. The van der Waals surface area contributed by atoms with E-state index in [1.54, 1.807) is 25.0 Å². The van der Waals surface area contributed by atoms with Crippen LogP contribution in [0.2, 0.25) is 0 Å². The summed E-state index contributed by atoms with van der Waals surface area (Å²) in [5.74, 6) is 1.25. The van der Waals surface area contributed by atoms with E-state index in [1.807, 2.05) is 31.2 Å². The topological polar surface area (TPSA) is 117 Å². The number of aryl methyl sites for hydroxylation is 2. The Morgan fingerprint density at radius 1 is 1.35 bits per heavy atom. The molecule has 0 bridgehead atoms. The van der Waals surface area contributed by atoms with Gasteiger partial charge < -0.3 is 19.3 Å². The molecule has 10 heteroatoms. The summed E-state index contributed by atoms with van der Waals surface area (Å²) in [6, 6.07) is 7.24. The summed E-state index contributed by atoms with van der Waals surface area (Å²) in [6.07, 6.45) is 1.76. The molecule has 0 fully saturated rings. The first-order valence-corrected chi connectivity index (χ1v) is 9.72. The molecular weight excluding hydrogens is 400 g/mol. The number of aromatic nitrogens is 5. The molecule has 158 valence electrons. The number of pyridine rings is 1. The standard InChI is InChI=1S/C21H20N6O4/c1-11-6-14-18(25-27(2)20(14)22-8-11)21(28)23-15-9-30-16-7-12(4-5-13(15)16)19-24-17(10-29-3)31-26-19/h4-8,15H,9-10H2,1-3H3,(H,23,28)/t15-/m1/s1. The molecule has 31 heavy (non-hydrogen) atoms. The van der Waals surface area contributed by atoms with Gasteiger partial charge >= 0.3 is 0 Å². The van der Waals surface area contributed by atoms with Crippen molar-refractivity contribution in [1.82, 2.24) is 30.2 Å². The lowest BCUT2D eigenvalue weighted by Crippen LogP contribution is -2.30. The molecule has 10 nitrogen and oxygen atoms in total. The Hall–Kier alpha value is -3.79. The molecule has 5 rings (SSSR count). The first kappa shape index (κ1) is 19.2. The van der Waals surface area contributed by atoms with Crippen molar-refractivity contribution in [3.63, 3.8) is 0 Å². The summed E-state index contributed by atoms with van der Waals surface area (Å²) in [4.78, 5) is 21.7. The van der Waals surface area contributed by atoms with Gasteiger partial charge in [-0.3, -0.25) is 4.79 Å². The van der Waals surface area contributed by atoms with Gasteiger partial charge in [0.2, 0.25) is 5.82 Å². The highest BCUT2D eigenvalue weighted by Crippen LogP contribution is 2.35. The summed E-state index contributed by atoms with van der Waals surface area (Å²) in [5.41, 5.74) is 3.61. The molecular formula is C21H20N6O4. The second-order valence-corrected chi connectivity index (χ2v) is 7.39. The second kappa shape index (κ2) is 7.47. The van der Waals surface area contributed by atoms with Gasteiger partial charge in [0.25, 0.3) is 11.8 Å². The van der Waals surface area contributed by atoms with Crippen LogP contribution in [0.15, 0.2) is 35.0 Å². The zero-order chi connectivity index (χ0) is 21.5. The molecule has 0 aliphatic carbocycles.